The van der Waals surface area contributed by atoms with E-state index in [0.29, 0.717) is 0 Å². The quantitative estimate of drug-likeness (QED) is 0.569. The van der Waals surface area contributed by atoms with E-state index in [0.717, 1.165) is 0 Å². The monoisotopic (exact) mass is 181 g/mol. The van der Waals surface area contributed by atoms with Crippen molar-refractivity contribution in [2.45, 2.75) is 39.0 Å². The zero-order valence-electron chi connectivity index (χ0n) is 7.26. The van der Waals surface area contributed by atoms with E-state index in [-0.39, 0.29) is 5.41 Å². The second-order valence-electron chi connectivity index (χ2n) is 3.51. The molecule has 0 spiro atoms. The van der Waals surface area contributed by atoms with Crippen molar-refractivity contribution in [3.63, 3.8) is 0 Å². The van der Waals surface area contributed by atoms with E-state index in [1.165, 1.54) is 5.92 Å². The summed E-state index contributed by atoms with van der Waals surface area (Å²) in [6, 6.07) is 0. The Morgan fingerprint density at radius 1 is 1.00 bits per heavy atom. The molecule has 0 aromatic heterocycles. The van der Waals surface area contributed by atoms with E-state index in [2.05, 4.69) is 0 Å². The molecule has 0 heterocycles. The Kier molecular flexibility index (Phi) is 3.07. The van der Waals surface area contributed by atoms with Crippen molar-refractivity contribution in [2.24, 2.45) is 5.41 Å². The predicted molar refractivity (Wildman–Crippen MR) is 48.5 cm³/mol. The third-order valence-electron chi connectivity index (χ3n) is 2.35. The summed E-state index contributed by atoms with van der Waals surface area (Å²) in [7, 11) is 0. The molecule has 0 atom stereocenters. The van der Waals surface area contributed by atoms with Crippen molar-refractivity contribution in [3.05, 3.63) is 5.92 Å². The highest BCUT2D eigenvalue weighted by Gasteiger charge is 2.40. The van der Waals surface area contributed by atoms with Crippen LogP contribution in [0.2, 0.25) is 0 Å². The Morgan fingerprint density at radius 2 is 1.30 bits per heavy atom. The largest absolute Gasteiger partial charge is 0.121 e. The molecule has 0 aliphatic carbocycles. The van der Waals surface area contributed by atoms with Gasteiger partial charge in [0.1, 0.15) is 4.33 Å². The van der Waals surface area contributed by atoms with Gasteiger partial charge < -0.3 is 0 Å². The number of hydrogen-bond acceptors (Lipinski definition) is 0. The van der Waals surface area contributed by atoms with E-state index < -0.39 is 4.33 Å². The van der Waals surface area contributed by atoms with Crippen LogP contribution in [0.3, 0.4) is 0 Å². The van der Waals surface area contributed by atoms with Crippen molar-refractivity contribution in [1.29, 1.82) is 0 Å². The van der Waals surface area contributed by atoms with Crippen molar-refractivity contribution in [3.8, 4) is 0 Å². The van der Waals surface area contributed by atoms with E-state index in [1.54, 1.807) is 0 Å². The van der Waals surface area contributed by atoms with Gasteiger partial charge in [0.2, 0.25) is 0 Å². The van der Waals surface area contributed by atoms with Crippen LogP contribution in [0.25, 0.3) is 0 Å². The van der Waals surface area contributed by atoms with E-state index in [1.807, 2.05) is 34.6 Å². The average molecular weight is 182 g/mol. The highest BCUT2D eigenvalue weighted by molar-refractivity contribution is 6.48. The molecular weight excluding hydrogens is 167 g/mol. The lowest BCUT2D eigenvalue weighted by Crippen LogP contribution is -2.34. The minimum Gasteiger partial charge on any atom is -0.101 e. The van der Waals surface area contributed by atoms with E-state index in [4.69, 9.17) is 23.2 Å². The van der Waals surface area contributed by atoms with Crippen LogP contribution in [-0.4, -0.2) is 4.33 Å². The van der Waals surface area contributed by atoms with Gasteiger partial charge >= 0.3 is 0 Å². The van der Waals surface area contributed by atoms with Gasteiger partial charge in [0.15, 0.2) is 0 Å². The van der Waals surface area contributed by atoms with E-state index in [9.17, 15) is 0 Å². The molecule has 0 nitrogen and oxygen atoms in total. The van der Waals surface area contributed by atoms with Crippen LogP contribution in [0.5, 0.6) is 0 Å². The number of alkyl halides is 2. The molecule has 0 amide bonds. The summed E-state index contributed by atoms with van der Waals surface area (Å²) in [6.07, 6.45) is 0. The fourth-order valence-electron chi connectivity index (χ4n) is 0.439. The highest BCUT2D eigenvalue weighted by atomic mass is 35.5. The zero-order valence-corrected chi connectivity index (χ0v) is 8.77. The van der Waals surface area contributed by atoms with Crippen molar-refractivity contribution in [2.75, 3.05) is 0 Å². The Bertz CT molecular complexity index is 109. The molecule has 0 saturated heterocycles. The van der Waals surface area contributed by atoms with E-state index >= 15 is 0 Å². The summed E-state index contributed by atoms with van der Waals surface area (Å²) in [5.41, 5.74) is -0.115. The highest BCUT2D eigenvalue weighted by Crippen LogP contribution is 2.46. The van der Waals surface area contributed by atoms with Gasteiger partial charge in [-0.3, -0.25) is 0 Å². The van der Waals surface area contributed by atoms with Gasteiger partial charge in [0.25, 0.3) is 0 Å². The van der Waals surface area contributed by atoms with Crippen LogP contribution >= 0.6 is 23.2 Å². The number of rotatable bonds is 2. The average Bonchev–Trinajstić information content (AvgIpc) is 1.62. The minimum atomic E-state index is -0.675. The van der Waals surface area contributed by atoms with Gasteiger partial charge in [0, 0.05) is 5.41 Å². The summed E-state index contributed by atoms with van der Waals surface area (Å²) >= 11 is 11.9. The van der Waals surface area contributed by atoms with Crippen LogP contribution in [-0.2, 0) is 0 Å². The summed E-state index contributed by atoms with van der Waals surface area (Å²) in [5, 5.41) is 0. The molecule has 0 unspecified atom stereocenters. The summed E-state index contributed by atoms with van der Waals surface area (Å²) in [4.78, 5) is 0. The molecule has 2 heteroatoms. The maximum atomic E-state index is 5.96. The number of halogens is 2. The molecule has 61 valence electrons. The lowest BCUT2D eigenvalue weighted by molar-refractivity contribution is 0.352. The van der Waals surface area contributed by atoms with Crippen molar-refractivity contribution in [1.82, 2.24) is 0 Å². The molecule has 0 aliphatic rings. The molecular formula is C8H15Cl2. The van der Waals surface area contributed by atoms with Crippen molar-refractivity contribution >= 4 is 23.2 Å². The lowest BCUT2D eigenvalue weighted by Gasteiger charge is -2.37. The SMILES string of the molecule is C[C](C)C(C)(C)C(C)(Cl)Cl. The van der Waals surface area contributed by atoms with Crippen LogP contribution in [0, 0.1) is 11.3 Å². The standard InChI is InChI=1S/C8H15Cl2/c1-6(2)7(3,4)8(5,9)10/h1-5H3. The van der Waals surface area contributed by atoms with Gasteiger partial charge in [-0.15, -0.1) is 23.2 Å². The van der Waals surface area contributed by atoms with Gasteiger partial charge in [-0.25, -0.2) is 0 Å². The first kappa shape index (κ1) is 10.6. The second kappa shape index (κ2) is 2.91. The first-order chi connectivity index (χ1) is 4.19. The van der Waals surface area contributed by atoms with Gasteiger partial charge in [-0.05, 0) is 12.8 Å². The topological polar surface area (TPSA) is 0 Å². The first-order valence-corrected chi connectivity index (χ1v) is 4.13. The summed E-state index contributed by atoms with van der Waals surface area (Å²) < 4.78 is -0.675. The molecule has 0 N–H and O–H groups in total. The first-order valence-electron chi connectivity index (χ1n) is 3.38. The zero-order chi connectivity index (χ0) is 8.58. The number of hydrogen-bond donors (Lipinski definition) is 0. The molecule has 0 aromatic carbocycles. The maximum absolute atomic E-state index is 5.96. The van der Waals surface area contributed by atoms with Crippen LogP contribution in [0.4, 0.5) is 0 Å². The fourth-order valence-corrected chi connectivity index (χ4v) is 0.817. The lowest BCUT2D eigenvalue weighted by atomic mass is 9.78. The van der Waals surface area contributed by atoms with Gasteiger partial charge in [-0.1, -0.05) is 27.7 Å². The third kappa shape index (κ3) is 2.03. The van der Waals surface area contributed by atoms with Crippen LogP contribution in [0.1, 0.15) is 34.6 Å². The normalized spacial score (nSPS) is 14.4. The smallest absolute Gasteiger partial charge is 0.101 e. The molecule has 0 saturated carbocycles. The van der Waals surface area contributed by atoms with Gasteiger partial charge in [0.05, 0.1) is 0 Å². The Labute approximate surface area is 73.9 Å². The molecule has 0 aliphatic heterocycles. The minimum absolute atomic E-state index is 0.115. The van der Waals surface area contributed by atoms with Crippen molar-refractivity contribution < 1.29 is 0 Å². The summed E-state index contributed by atoms with van der Waals surface area (Å²) in [5.74, 6) is 1.25. The molecule has 0 fully saturated rings. The maximum Gasteiger partial charge on any atom is 0.121 e. The third-order valence-corrected chi connectivity index (χ3v) is 3.29. The van der Waals surface area contributed by atoms with Crippen LogP contribution < -0.4 is 0 Å². The molecule has 0 rings (SSSR count). The van der Waals surface area contributed by atoms with Gasteiger partial charge in [-0.2, -0.15) is 0 Å². The molecule has 0 aromatic rings. The van der Waals surface area contributed by atoms with Crippen LogP contribution in [0.15, 0.2) is 0 Å². The predicted octanol–water partition coefficient (Wildman–Crippen LogP) is 3.82. The Morgan fingerprint density at radius 3 is 1.30 bits per heavy atom. The molecule has 10 heavy (non-hydrogen) atoms. The Balaban J connectivity index is 4.40. The Hall–Kier alpha value is 0.580. The fraction of sp³-hybridized carbons (Fsp3) is 0.875. The molecule has 1 radical (unpaired) electrons. The summed E-state index contributed by atoms with van der Waals surface area (Å²) in [6.45, 7) is 10.00. The second-order valence-corrected chi connectivity index (χ2v) is 5.22. The molecule has 0 bridgehead atoms.